The van der Waals surface area contributed by atoms with Gasteiger partial charge in [-0.1, -0.05) is 18.2 Å². The van der Waals surface area contributed by atoms with E-state index in [1.54, 1.807) is 17.1 Å². The highest BCUT2D eigenvalue weighted by Gasteiger charge is 2.02. The van der Waals surface area contributed by atoms with E-state index in [1.807, 2.05) is 31.4 Å². The van der Waals surface area contributed by atoms with Crippen molar-refractivity contribution in [2.24, 2.45) is 7.05 Å². The van der Waals surface area contributed by atoms with Crippen molar-refractivity contribution < 1.29 is 0 Å². The Morgan fingerprint density at radius 2 is 2.06 bits per heavy atom. The van der Waals surface area contributed by atoms with Gasteiger partial charge in [-0.2, -0.15) is 5.10 Å². The molecule has 0 spiro atoms. The molecule has 0 saturated carbocycles. The minimum Gasteiger partial charge on any atom is -0.351 e. The Bertz CT molecular complexity index is 652. The molecule has 0 saturated heterocycles. The minimum absolute atomic E-state index is 0.964. The van der Waals surface area contributed by atoms with Crippen LogP contribution in [0.3, 0.4) is 0 Å². The van der Waals surface area contributed by atoms with Gasteiger partial charge >= 0.3 is 0 Å². The van der Waals surface area contributed by atoms with Crippen molar-refractivity contribution in [1.82, 2.24) is 14.8 Å². The van der Waals surface area contributed by atoms with E-state index in [-0.39, 0.29) is 0 Å². The van der Waals surface area contributed by atoms with E-state index >= 15 is 0 Å². The monoisotopic (exact) mass is 224 g/mol. The van der Waals surface area contributed by atoms with Crippen LogP contribution in [0.25, 0.3) is 10.9 Å². The molecule has 0 aliphatic carbocycles. The molecule has 0 aliphatic rings. The normalized spacial score (nSPS) is 10.6. The van der Waals surface area contributed by atoms with Crippen molar-refractivity contribution in [2.45, 2.75) is 0 Å². The summed E-state index contributed by atoms with van der Waals surface area (Å²) in [6, 6.07) is 10.1. The molecule has 4 heteroatoms. The molecule has 0 atom stereocenters. The van der Waals surface area contributed by atoms with E-state index < -0.39 is 0 Å². The highest BCUT2D eigenvalue weighted by Crippen LogP contribution is 2.23. The molecule has 0 unspecified atom stereocenters. The lowest BCUT2D eigenvalue weighted by atomic mass is 10.2. The Hall–Kier alpha value is -2.36. The van der Waals surface area contributed by atoms with Crippen LogP contribution in [0.1, 0.15) is 0 Å². The van der Waals surface area contributed by atoms with Gasteiger partial charge < -0.3 is 5.32 Å². The molecule has 2 aromatic heterocycles. The predicted molar refractivity (Wildman–Crippen MR) is 68.2 cm³/mol. The number of nitrogens with one attached hydrogen (secondary N) is 1. The van der Waals surface area contributed by atoms with Crippen molar-refractivity contribution in [3.05, 3.63) is 48.9 Å². The summed E-state index contributed by atoms with van der Waals surface area (Å²) in [6.45, 7) is 0. The number of hydrogen-bond acceptors (Lipinski definition) is 3. The SMILES string of the molecule is Cn1cc(Nc2cccc3cccnc23)cn1. The molecule has 0 bridgehead atoms. The zero-order valence-corrected chi connectivity index (χ0v) is 9.46. The summed E-state index contributed by atoms with van der Waals surface area (Å²) in [7, 11) is 1.90. The second kappa shape index (κ2) is 3.90. The lowest BCUT2D eigenvalue weighted by molar-refractivity contribution is 0.768. The van der Waals surface area contributed by atoms with Crippen LogP contribution in [-0.4, -0.2) is 14.8 Å². The first kappa shape index (κ1) is 9.84. The van der Waals surface area contributed by atoms with Crippen LogP contribution in [-0.2, 0) is 7.05 Å². The summed E-state index contributed by atoms with van der Waals surface area (Å²) in [5.41, 5.74) is 2.93. The average Bonchev–Trinajstić information content (AvgIpc) is 2.75. The number of fused-ring (bicyclic) bond motifs is 1. The number of aryl methyl sites for hydroxylation is 1. The third kappa shape index (κ3) is 1.85. The van der Waals surface area contributed by atoms with Crippen LogP contribution in [0.15, 0.2) is 48.9 Å². The Morgan fingerprint density at radius 3 is 2.88 bits per heavy atom. The van der Waals surface area contributed by atoms with E-state index in [0.717, 1.165) is 22.3 Å². The first-order chi connectivity index (χ1) is 8.33. The van der Waals surface area contributed by atoms with Crippen LogP contribution in [0.2, 0.25) is 0 Å². The van der Waals surface area contributed by atoms with Crippen molar-refractivity contribution in [2.75, 3.05) is 5.32 Å². The van der Waals surface area contributed by atoms with Gasteiger partial charge in [-0.3, -0.25) is 9.67 Å². The Balaban J connectivity index is 2.05. The number of benzene rings is 1. The molecule has 17 heavy (non-hydrogen) atoms. The Labute approximate surface area is 98.9 Å². The number of aromatic nitrogens is 3. The fraction of sp³-hybridized carbons (Fsp3) is 0.0769. The highest BCUT2D eigenvalue weighted by molar-refractivity contribution is 5.91. The number of para-hydroxylation sites is 1. The summed E-state index contributed by atoms with van der Waals surface area (Å²) in [6.07, 6.45) is 5.53. The standard InChI is InChI=1S/C13H12N4/c1-17-9-11(8-15-17)16-12-6-2-4-10-5-3-7-14-13(10)12/h2-9,16H,1H3. The molecule has 84 valence electrons. The molecule has 1 aromatic carbocycles. The number of hydrogen-bond donors (Lipinski definition) is 1. The Kier molecular flexibility index (Phi) is 2.26. The first-order valence-corrected chi connectivity index (χ1v) is 5.42. The van der Waals surface area contributed by atoms with E-state index in [0.29, 0.717) is 0 Å². The summed E-state index contributed by atoms with van der Waals surface area (Å²) < 4.78 is 1.76. The van der Waals surface area contributed by atoms with E-state index in [1.165, 1.54) is 0 Å². The lowest BCUT2D eigenvalue weighted by Crippen LogP contribution is -1.91. The molecular weight excluding hydrogens is 212 g/mol. The number of pyridine rings is 1. The van der Waals surface area contributed by atoms with Crippen LogP contribution in [0.5, 0.6) is 0 Å². The second-order valence-corrected chi connectivity index (χ2v) is 3.91. The van der Waals surface area contributed by atoms with Crippen molar-refractivity contribution >= 4 is 22.3 Å². The fourth-order valence-electron chi connectivity index (χ4n) is 1.85. The number of rotatable bonds is 2. The van der Waals surface area contributed by atoms with Gasteiger partial charge in [0.2, 0.25) is 0 Å². The van der Waals surface area contributed by atoms with Crippen molar-refractivity contribution in [1.29, 1.82) is 0 Å². The van der Waals surface area contributed by atoms with Gasteiger partial charge in [-0.25, -0.2) is 0 Å². The quantitative estimate of drug-likeness (QED) is 0.727. The van der Waals surface area contributed by atoms with Gasteiger partial charge in [-0.05, 0) is 12.1 Å². The first-order valence-electron chi connectivity index (χ1n) is 5.42. The molecular formula is C13H12N4. The van der Waals surface area contributed by atoms with E-state index in [9.17, 15) is 0 Å². The molecule has 4 nitrogen and oxygen atoms in total. The molecule has 0 radical (unpaired) electrons. The molecule has 1 N–H and O–H groups in total. The maximum absolute atomic E-state index is 4.39. The largest absolute Gasteiger partial charge is 0.351 e. The zero-order valence-electron chi connectivity index (χ0n) is 9.46. The van der Waals surface area contributed by atoms with Gasteiger partial charge in [0.15, 0.2) is 0 Å². The van der Waals surface area contributed by atoms with E-state index in [4.69, 9.17) is 0 Å². The van der Waals surface area contributed by atoms with Gasteiger partial charge in [0, 0.05) is 24.8 Å². The summed E-state index contributed by atoms with van der Waals surface area (Å²) in [5, 5.41) is 8.57. The summed E-state index contributed by atoms with van der Waals surface area (Å²) in [4.78, 5) is 4.39. The number of anilines is 2. The van der Waals surface area contributed by atoms with E-state index in [2.05, 4.69) is 27.5 Å². The maximum atomic E-state index is 4.39. The molecule has 3 rings (SSSR count). The third-order valence-electron chi connectivity index (χ3n) is 2.62. The molecule has 2 heterocycles. The minimum atomic E-state index is 0.964. The van der Waals surface area contributed by atoms with Crippen LogP contribution < -0.4 is 5.32 Å². The average molecular weight is 224 g/mol. The highest BCUT2D eigenvalue weighted by atomic mass is 15.3. The topological polar surface area (TPSA) is 42.7 Å². The molecule has 0 amide bonds. The third-order valence-corrected chi connectivity index (χ3v) is 2.62. The smallest absolute Gasteiger partial charge is 0.0936 e. The summed E-state index contributed by atoms with van der Waals surface area (Å²) in [5.74, 6) is 0. The van der Waals surface area contributed by atoms with Crippen molar-refractivity contribution in [3.8, 4) is 0 Å². The van der Waals surface area contributed by atoms with Gasteiger partial charge in [0.25, 0.3) is 0 Å². The lowest BCUT2D eigenvalue weighted by Gasteiger charge is -2.06. The van der Waals surface area contributed by atoms with Gasteiger partial charge in [0.05, 0.1) is 23.1 Å². The Morgan fingerprint density at radius 1 is 1.18 bits per heavy atom. The van der Waals surface area contributed by atoms with Crippen LogP contribution >= 0.6 is 0 Å². The molecule has 0 aliphatic heterocycles. The number of nitrogens with zero attached hydrogens (tertiary/aromatic N) is 3. The fourth-order valence-corrected chi connectivity index (χ4v) is 1.85. The van der Waals surface area contributed by atoms with Crippen LogP contribution in [0, 0.1) is 0 Å². The van der Waals surface area contributed by atoms with Crippen LogP contribution in [0.4, 0.5) is 11.4 Å². The zero-order chi connectivity index (χ0) is 11.7. The summed E-state index contributed by atoms with van der Waals surface area (Å²) >= 11 is 0. The predicted octanol–water partition coefficient (Wildman–Crippen LogP) is 2.71. The second-order valence-electron chi connectivity index (χ2n) is 3.91. The maximum Gasteiger partial charge on any atom is 0.0936 e. The van der Waals surface area contributed by atoms with Crippen molar-refractivity contribution in [3.63, 3.8) is 0 Å². The van der Waals surface area contributed by atoms with Gasteiger partial charge in [0.1, 0.15) is 0 Å². The molecule has 3 aromatic rings. The van der Waals surface area contributed by atoms with Gasteiger partial charge in [-0.15, -0.1) is 0 Å². The molecule has 0 fully saturated rings.